The normalized spacial score (nSPS) is 11.6. The number of halogens is 1. The van der Waals surface area contributed by atoms with Gasteiger partial charge in [0.1, 0.15) is 11.5 Å². The van der Waals surface area contributed by atoms with Crippen molar-refractivity contribution >= 4 is 0 Å². The number of hydrogen-bond acceptors (Lipinski definition) is 2. The third kappa shape index (κ3) is 5.01. The Labute approximate surface area is 166 Å². The molecule has 3 aromatic rings. The molecule has 0 saturated heterocycles. The van der Waals surface area contributed by atoms with Crippen molar-refractivity contribution in [3.8, 4) is 17.2 Å². The summed E-state index contributed by atoms with van der Waals surface area (Å²) < 4.78 is 25.0. The largest absolute Gasteiger partial charge is 0.497 e. The second-order valence-electron chi connectivity index (χ2n) is 7.24. The molecule has 28 heavy (non-hydrogen) atoms. The predicted octanol–water partition coefficient (Wildman–Crippen LogP) is 6.70. The van der Waals surface area contributed by atoms with Crippen LogP contribution in [0.4, 0.5) is 4.39 Å². The fourth-order valence-corrected chi connectivity index (χ4v) is 2.97. The van der Waals surface area contributed by atoms with Gasteiger partial charge in [0, 0.05) is 5.41 Å². The zero-order valence-electron chi connectivity index (χ0n) is 16.5. The molecular formula is C25H25FO2. The lowest BCUT2D eigenvalue weighted by Crippen LogP contribution is -2.13. The number of benzene rings is 3. The van der Waals surface area contributed by atoms with E-state index in [4.69, 9.17) is 9.47 Å². The highest BCUT2D eigenvalue weighted by atomic mass is 19.1. The zero-order chi connectivity index (χ0) is 20.0. The number of para-hydroxylation sites is 1. The van der Waals surface area contributed by atoms with Crippen LogP contribution in [0.1, 0.15) is 25.0 Å². The first kappa shape index (κ1) is 19.7. The molecule has 0 heterocycles. The van der Waals surface area contributed by atoms with Crippen molar-refractivity contribution in [2.24, 2.45) is 0 Å². The lowest BCUT2D eigenvalue weighted by atomic mass is 9.84. The highest BCUT2D eigenvalue weighted by Gasteiger charge is 2.16. The summed E-state index contributed by atoms with van der Waals surface area (Å²) in [6.45, 7) is 4.33. The van der Waals surface area contributed by atoms with Crippen LogP contribution in [-0.4, -0.2) is 7.11 Å². The van der Waals surface area contributed by atoms with Crippen LogP contribution in [0.3, 0.4) is 0 Å². The number of allylic oxidation sites excluding steroid dienone is 2. The van der Waals surface area contributed by atoms with Gasteiger partial charge in [0.15, 0.2) is 11.6 Å². The highest BCUT2D eigenvalue weighted by Crippen LogP contribution is 2.28. The summed E-state index contributed by atoms with van der Waals surface area (Å²) in [6.07, 6.45) is 4.99. The molecule has 0 aliphatic carbocycles. The average Bonchev–Trinajstić information content (AvgIpc) is 2.71. The summed E-state index contributed by atoms with van der Waals surface area (Å²) in [7, 11) is 1.67. The Balaban J connectivity index is 1.70. The van der Waals surface area contributed by atoms with Gasteiger partial charge >= 0.3 is 0 Å². The maximum Gasteiger partial charge on any atom is 0.165 e. The van der Waals surface area contributed by atoms with E-state index in [1.807, 2.05) is 42.5 Å². The van der Waals surface area contributed by atoms with Crippen LogP contribution in [0, 0.1) is 5.82 Å². The molecule has 0 fully saturated rings. The molecular weight excluding hydrogens is 351 g/mol. The molecule has 144 valence electrons. The number of hydrogen-bond donors (Lipinski definition) is 0. The molecule has 0 aliphatic heterocycles. The van der Waals surface area contributed by atoms with Gasteiger partial charge in [-0.1, -0.05) is 62.4 Å². The predicted molar refractivity (Wildman–Crippen MR) is 112 cm³/mol. The molecule has 2 nitrogen and oxygen atoms in total. The van der Waals surface area contributed by atoms with Crippen molar-refractivity contribution in [3.63, 3.8) is 0 Å². The SMILES string of the molecule is COc1ccc(C(C)(C)/C=C/Cc2ccc(F)c(Oc3ccccc3)c2)cc1. The van der Waals surface area contributed by atoms with E-state index in [-0.39, 0.29) is 17.0 Å². The summed E-state index contributed by atoms with van der Waals surface area (Å²) in [6, 6.07) is 22.3. The third-order valence-corrected chi connectivity index (χ3v) is 4.69. The van der Waals surface area contributed by atoms with Gasteiger partial charge in [-0.3, -0.25) is 0 Å². The lowest BCUT2D eigenvalue weighted by molar-refractivity contribution is 0.414. The van der Waals surface area contributed by atoms with E-state index >= 15 is 0 Å². The van der Waals surface area contributed by atoms with Crippen molar-refractivity contribution < 1.29 is 13.9 Å². The summed E-state index contributed by atoms with van der Waals surface area (Å²) in [4.78, 5) is 0. The Bertz CT molecular complexity index is 929. The van der Waals surface area contributed by atoms with E-state index in [1.165, 1.54) is 11.6 Å². The first-order valence-corrected chi connectivity index (χ1v) is 9.31. The van der Waals surface area contributed by atoms with Gasteiger partial charge in [-0.15, -0.1) is 0 Å². The van der Waals surface area contributed by atoms with Crippen LogP contribution >= 0.6 is 0 Å². The fourth-order valence-electron chi connectivity index (χ4n) is 2.97. The Kier molecular flexibility index (Phi) is 6.15. The number of ether oxygens (including phenoxy) is 2. The van der Waals surface area contributed by atoms with Crippen LogP contribution in [-0.2, 0) is 11.8 Å². The number of rotatable bonds is 7. The van der Waals surface area contributed by atoms with Gasteiger partial charge in [0.05, 0.1) is 7.11 Å². The molecule has 0 aliphatic rings. The van der Waals surface area contributed by atoms with Crippen LogP contribution < -0.4 is 9.47 Å². The van der Waals surface area contributed by atoms with Gasteiger partial charge in [-0.05, 0) is 53.9 Å². The van der Waals surface area contributed by atoms with E-state index in [0.29, 0.717) is 12.2 Å². The molecule has 0 atom stereocenters. The minimum Gasteiger partial charge on any atom is -0.497 e. The first-order chi connectivity index (χ1) is 13.5. The molecule has 0 bridgehead atoms. The Hall–Kier alpha value is -3.07. The van der Waals surface area contributed by atoms with Gasteiger partial charge in [0.25, 0.3) is 0 Å². The minimum atomic E-state index is -0.366. The molecule has 0 N–H and O–H groups in total. The Morgan fingerprint density at radius 2 is 1.61 bits per heavy atom. The van der Waals surface area contributed by atoms with Gasteiger partial charge in [0.2, 0.25) is 0 Å². The van der Waals surface area contributed by atoms with Crippen LogP contribution in [0.5, 0.6) is 17.2 Å². The standard InChI is InChI=1S/C25H25FO2/c1-25(2,20-12-14-21(27-3)15-13-20)17-7-8-19-11-16-23(26)24(18-19)28-22-9-5-4-6-10-22/h4-7,9-18H,8H2,1-3H3/b17-7+. The second-order valence-corrected chi connectivity index (χ2v) is 7.24. The fraction of sp³-hybridized carbons (Fsp3) is 0.200. The van der Waals surface area contributed by atoms with Crippen LogP contribution in [0.25, 0.3) is 0 Å². The molecule has 3 aromatic carbocycles. The maximum atomic E-state index is 14.1. The summed E-state index contributed by atoms with van der Waals surface area (Å²) in [5, 5.41) is 0. The second kappa shape index (κ2) is 8.75. The van der Waals surface area contributed by atoms with Crippen LogP contribution in [0.15, 0.2) is 84.9 Å². The van der Waals surface area contributed by atoms with Gasteiger partial charge in [-0.25, -0.2) is 4.39 Å². The van der Waals surface area contributed by atoms with Crippen molar-refractivity contribution in [2.75, 3.05) is 7.11 Å². The van der Waals surface area contributed by atoms with Gasteiger partial charge in [-0.2, -0.15) is 0 Å². The molecule has 0 spiro atoms. The van der Waals surface area contributed by atoms with E-state index < -0.39 is 0 Å². The van der Waals surface area contributed by atoms with E-state index in [1.54, 1.807) is 19.2 Å². The number of methoxy groups -OCH3 is 1. The van der Waals surface area contributed by atoms with E-state index in [9.17, 15) is 4.39 Å². The van der Waals surface area contributed by atoms with Crippen molar-refractivity contribution in [3.05, 3.63) is 102 Å². The summed E-state index contributed by atoms with van der Waals surface area (Å²) in [5.74, 6) is 1.34. The van der Waals surface area contributed by atoms with Crippen molar-refractivity contribution in [1.29, 1.82) is 0 Å². The third-order valence-electron chi connectivity index (χ3n) is 4.69. The Morgan fingerprint density at radius 1 is 0.893 bits per heavy atom. The topological polar surface area (TPSA) is 18.5 Å². The summed E-state index contributed by atoms with van der Waals surface area (Å²) in [5.41, 5.74) is 2.08. The molecule has 3 heteroatoms. The molecule has 0 amide bonds. The highest BCUT2D eigenvalue weighted by molar-refractivity contribution is 5.37. The lowest BCUT2D eigenvalue weighted by Gasteiger charge is -2.21. The van der Waals surface area contributed by atoms with Crippen molar-refractivity contribution in [1.82, 2.24) is 0 Å². The smallest absolute Gasteiger partial charge is 0.165 e. The Morgan fingerprint density at radius 3 is 2.29 bits per heavy atom. The van der Waals surface area contributed by atoms with E-state index in [2.05, 4.69) is 38.1 Å². The molecule has 0 saturated carbocycles. The first-order valence-electron chi connectivity index (χ1n) is 9.31. The van der Waals surface area contributed by atoms with Crippen LogP contribution in [0.2, 0.25) is 0 Å². The molecule has 3 rings (SSSR count). The molecule has 0 aromatic heterocycles. The zero-order valence-corrected chi connectivity index (χ0v) is 16.5. The molecule has 0 radical (unpaired) electrons. The monoisotopic (exact) mass is 376 g/mol. The van der Waals surface area contributed by atoms with Crippen molar-refractivity contribution in [2.45, 2.75) is 25.7 Å². The molecule has 0 unspecified atom stereocenters. The average molecular weight is 376 g/mol. The maximum absolute atomic E-state index is 14.1. The minimum absolute atomic E-state index is 0.115. The quantitative estimate of drug-likeness (QED) is 0.427. The van der Waals surface area contributed by atoms with E-state index in [0.717, 1.165) is 11.3 Å². The van der Waals surface area contributed by atoms with Gasteiger partial charge < -0.3 is 9.47 Å². The summed E-state index contributed by atoms with van der Waals surface area (Å²) >= 11 is 0.